The van der Waals surface area contributed by atoms with Crippen molar-refractivity contribution < 1.29 is 22.7 Å². The van der Waals surface area contributed by atoms with E-state index in [0.29, 0.717) is 12.8 Å². The Bertz CT molecular complexity index is 218. The average molecular weight is 211 g/mol. The van der Waals surface area contributed by atoms with Crippen LogP contribution in [0.4, 0.5) is 13.2 Å². The molecule has 3 nitrogen and oxygen atoms in total. The molecule has 1 amide bonds. The van der Waals surface area contributed by atoms with Gasteiger partial charge in [0.2, 0.25) is 0 Å². The highest BCUT2D eigenvalue weighted by Gasteiger charge is 2.42. The molecule has 0 aromatic rings. The van der Waals surface area contributed by atoms with Gasteiger partial charge in [-0.1, -0.05) is 0 Å². The van der Waals surface area contributed by atoms with E-state index < -0.39 is 17.7 Å². The van der Waals surface area contributed by atoms with Crippen LogP contribution in [-0.2, 0) is 9.53 Å². The summed E-state index contributed by atoms with van der Waals surface area (Å²) >= 11 is 0. The Kier molecular flexibility index (Phi) is 3.04. The first-order valence-electron chi connectivity index (χ1n) is 4.30. The molecular weight excluding hydrogens is 199 g/mol. The maximum Gasteiger partial charge on any atom is 0.471 e. The highest BCUT2D eigenvalue weighted by molar-refractivity contribution is 5.81. The molecule has 1 fully saturated rings. The molecular formula is C8H12F3NO2. The van der Waals surface area contributed by atoms with E-state index in [-0.39, 0.29) is 6.54 Å². The van der Waals surface area contributed by atoms with Gasteiger partial charge in [0, 0.05) is 13.7 Å². The SMILES string of the molecule is COC1(CNC(=O)C(F)(F)F)CCC1. The highest BCUT2D eigenvalue weighted by atomic mass is 19.4. The normalized spacial score (nSPS) is 20.0. The minimum Gasteiger partial charge on any atom is -0.376 e. The number of halogens is 3. The smallest absolute Gasteiger partial charge is 0.376 e. The zero-order valence-corrected chi connectivity index (χ0v) is 7.78. The number of hydrogen-bond donors (Lipinski definition) is 1. The fourth-order valence-corrected chi connectivity index (χ4v) is 1.37. The molecule has 0 aromatic carbocycles. The number of carbonyl (C=O) groups excluding carboxylic acids is 1. The monoisotopic (exact) mass is 211 g/mol. The number of alkyl halides is 3. The van der Waals surface area contributed by atoms with Crippen molar-refractivity contribution in [1.29, 1.82) is 0 Å². The van der Waals surface area contributed by atoms with Gasteiger partial charge < -0.3 is 10.1 Å². The summed E-state index contributed by atoms with van der Waals surface area (Å²) in [6.45, 7) is -0.0676. The zero-order chi connectivity index (χ0) is 10.8. The van der Waals surface area contributed by atoms with Crippen molar-refractivity contribution in [3.05, 3.63) is 0 Å². The van der Waals surface area contributed by atoms with Crippen LogP contribution in [0.1, 0.15) is 19.3 Å². The Hall–Kier alpha value is -0.780. The molecule has 1 saturated carbocycles. The summed E-state index contributed by atoms with van der Waals surface area (Å²) in [7, 11) is 1.44. The van der Waals surface area contributed by atoms with Crippen LogP contribution in [0, 0.1) is 0 Å². The lowest BCUT2D eigenvalue weighted by molar-refractivity contribution is -0.175. The largest absolute Gasteiger partial charge is 0.471 e. The lowest BCUT2D eigenvalue weighted by Gasteiger charge is -2.40. The topological polar surface area (TPSA) is 38.3 Å². The minimum absolute atomic E-state index is 0.0676. The summed E-state index contributed by atoms with van der Waals surface area (Å²) in [4.78, 5) is 10.5. The molecule has 0 aromatic heterocycles. The standard InChI is InChI=1S/C8H12F3NO2/c1-14-7(3-2-4-7)5-12-6(13)8(9,10)11/h2-5H2,1H3,(H,12,13). The molecule has 0 heterocycles. The second kappa shape index (κ2) is 3.76. The molecule has 0 saturated heterocycles. The summed E-state index contributed by atoms with van der Waals surface area (Å²) in [5.41, 5.74) is -0.569. The van der Waals surface area contributed by atoms with Crippen LogP contribution in [0.25, 0.3) is 0 Å². The molecule has 0 aliphatic heterocycles. The summed E-state index contributed by atoms with van der Waals surface area (Å²) in [6.07, 6.45) is -2.49. The Labute approximate surface area is 79.6 Å². The Morgan fingerprint density at radius 1 is 1.50 bits per heavy atom. The van der Waals surface area contributed by atoms with Crippen LogP contribution in [-0.4, -0.2) is 31.3 Å². The number of methoxy groups -OCH3 is 1. The molecule has 0 bridgehead atoms. The van der Waals surface area contributed by atoms with Gasteiger partial charge >= 0.3 is 12.1 Å². The number of hydrogen-bond acceptors (Lipinski definition) is 2. The summed E-state index contributed by atoms with van der Waals surface area (Å²) in [5.74, 6) is -1.90. The Morgan fingerprint density at radius 2 is 2.07 bits per heavy atom. The summed E-state index contributed by atoms with van der Waals surface area (Å²) in [5, 5.41) is 1.83. The van der Waals surface area contributed by atoms with E-state index >= 15 is 0 Å². The van der Waals surface area contributed by atoms with E-state index in [1.54, 1.807) is 0 Å². The fraction of sp³-hybridized carbons (Fsp3) is 0.875. The second-order valence-electron chi connectivity index (χ2n) is 3.42. The van der Waals surface area contributed by atoms with Crippen LogP contribution in [0.2, 0.25) is 0 Å². The van der Waals surface area contributed by atoms with Gasteiger partial charge in [-0.3, -0.25) is 4.79 Å². The first-order chi connectivity index (χ1) is 6.40. The third kappa shape index (κ3) is 2.37. The molecule has 6 heteroatoms. The molecule has 14 heavy (non-hydrogen) atoms. The fourth-order valence-electron chi connectivity index (χ4n) is 1.37. The van der Waals surface area contributed by atoms with Crippen LogP contribution in [0.5, 0.6) is 0 Å². The zero-order valence-electron chi connectivity index (χ0n) is 7.78. The van der Waals surface area contributed by atoms with Crippen molar-refractivity contribution in [3.63, 3.8) is 0 Å². The second-order valence-corrected chi connectivity index (χ2v) is 3.42. The van der Waals surface area contributed by atoms with Crippen LogP contribution in [0.15, 0.2) is 0 Å². The number of nitrogens with one attached hydrogen (secondary N) is 1. The first-order valence-corrected chi connectivity index (χ1v) is 4.30. The van der Waals surface area contributed by atoms with Gasteiger partial charge in [0.15, 0.2) is 0 Å². The van der Waals surface area contributed by atoms with Gasteiger partial charge in [0.25, 0.3) is 0 Å². The van der Waals surface area contributed by atoms with Crippen molar-refractivity contribution in [2.24, 2.45) is 0 Å². The Balaban J connectivity index is 2.36. The summed E-state index contributed by atoms with van der Waals surface area (Å²) in [6, 6.07) is 0. The van der Waals surface area contributed by atoms with Crippen molar-refractivity contribution >= 4 is 5.91 Å². The van der Waals surface area contributed by atoms with E-state index in [4.69, 9.17) is 4.74 Å². The van der Waals surface area contributed by atoms with Crippen LogP contribution in [0.3, 0.4) is 0 Å². The molecule has 82 valence electrons. The number of rotatable bonds is 3. The predicted molar refractivity (Wildman–Crippen MR) is 42.7 cm³/mol. The maximum atomic E-state index is 11.8. The van der Waals surface area contributed by atoms with Crippen LogP contribution >= 0.6 is 0 Å². The quantitative estimate of drug-likeness (QED) is 0.762. The summed E-state index contributed by atoms with van der Waals surface area (Å²) < 4.78 is 40.4. The van der Waals surface area contributed by atoms with Gasteiger partial charge in [0.1, 0.15) is 0 Å². The molecule has 1 aliphatic carbocycles. The number of ether oxygens (including phenoxy) is 1. The molecule has 0 spiro atoms. The van der Waals surface area contributed by atoms with Gasteiger partial charge in [0.05, 0.1) is 5.60 Å². The van der Waals surface area contributed by atoms with Gasteiger partial charge in [-0.15, -0.1) is 0 Å². The van der Waals surface area contributed by atoms with Gasteiger partial charge in [-0.25, -0.2) is 0 Å². The number of amides is 1. The number of carbonyl (C=O) groups is 1. The van der Waals surface area contributed by atoms with E-state index in [2.05, 4.69) is 0 Å². The van der Waals surface area contributed by atoms with E-state index in [9.17, 15) is 18.0 Å². The van der Waals surface area contributed by atoms with Crippen LogP contribution < -0.4 is 5.32 Å². The molecule has 0 radical (unpaired) electrons. The van der Waals surface area contributed by atoms with Gasteiger partial charge in [-0.05, 0) is 19.3 Å². The maximum absolute atomic E-state index is 11.8. The van der Waals surface area contributed by atoms with E-state index in [1.807, 2.05) is 5.32 Å². The van der Waals surface area contributed by atoms with Crippen molar-refractivity contribution in [2.75, 3.05) is 13.7 Å². The minimum atomic E-state index is -4.81. The first kappa shape index (κ1) is 11.3. The molecule has 0 atom stereocenters. The lowest BCUT2D eigenvalue weighted by atomic mass is 9.80. The molecule has 0 unspecified atom stereocenters. The lowest BCUT2D eigenvalue weighted by Crippen LogP contribution is -2.51. The van der Waals surface area contributed by atoms with E-state index in [1.165, 1.54) is 7.11 Å². The van der Waals surface area contributed by atoms with Crippen molar-refractivity contribution in [1.82, 2.24) is 5.32 Å². The van der Waals surface area contributed by atoms with E-state index in [0.717, 1.165) is 6.42 Å². The van der Waals surface area contributed by atoms with Crippen molar-refractivity contribution in [2.45, 2.75) is 31.0 Å². The molecule has 1 rings (SSSR count). The molecule has 1 N–H and O–H groups in total. The third-order valence-electron chi connectivity index (χ3n) is 2.53. The highest BCUT2D eigenvalue weighted by Crippen LogP contribution is 2.34. The average Bonchev–Trinajstić information content (AvgIpc) is 2.01. The molecule has 1 aliphatic rings. The van der Waals surface area contributed by atoms with Crippen molar-refractivity contribution in [3.8, 4) is 0 Å². The van der Waals surface area contributed by atoms with Gasteiger partial charge in [-0.2, -0.15) is 13.2 Å². The predicted octanol–water partition coefficient (Wildman–Crippen LogP) is 1.23. The Morgan fingerprint density at radius 3 is 2.36 bits per heavy atom. The third-order valence-corrected chi connectivity index (χ3v) is 2.53.